The summed E-state index contributed by atoms with van der Waals surface area (Å²) < 4.78 is 0.986. The van der Waals surface area contributed by atoms with Crippen LogP contribution < -0.4 is 4.90 Å². The lowest BCUT2D eigenvalue weighted by Gasteiger charge is -2.32. The van der Waals surface area contributed by atoms with Crippen LogP contribution in [0.25, 0.3) is 0 Å². The van der Waals surface area contributed by atoms with Gasteiger partial charge in [-0.2, -0.15) is 0 Å². The summed E-state index contributed by atoms with van der Waals surface area (Å²) in [5.41, 5.74) is 1.28. The van der Waals surface area contributed by atoms with Gasteiger partial charge in [0.2, 0.25) is 0 Å². The van der Waals surface area contributed by atoms with Crippen LogP contribution >= 0.6 is 27.5 Å². The first-order chi connectivity index (χ1) is 7.16. The van der Waals surface area contributed by atoms with E-state index in [1.54, 1.807) is 0 Å². The number of piperidine rings is 1. The summed E-state index contributed by atoms with van der Waals surface area (Å²) in [6.07, 6.45) is 2.58. The highest BCUT2D eigenvalue weighted by molar-refractivity contribution is 9.10. The first-order valence-electron chi connectivity index (χ1n) is 5.37. The zero-order chi connectivity index (χ0) is 10.8. The van der Waals surface area contributed by atoms with Crippen molar-refractivity contribution < 1.29 is 0 Å². The van der Waals surface area contributed by atoms with Gasteiger partial charge in [0.1, 0.15) is 0 Å². The third-order valence-electron chi connectivity index (χ3n) is 3.05. The maximum absolute atomic E-state index is 5.98. The molecule has 0 aliphatic carbocycles. The summed E-state index contributed by atoms with van der Waals surface area (Å²) in [5, 5.41) is 0.782. The van der Waals surface area contributed by atoms with E-state index in [0.717, 1.165) is 28.5 Å². The minimum absolute atomic E-state index is 0.782. The second-order valence-electron chi connectivity index (χ2n) is 4.27. The van der Waals surface area contributed by atoms with E-state index in [0.29, 0.717) is 0 Å². The maximum atomic E-state index is 5.98. The average Bonchev–Trinajstić information content (AvgIpc) is 2.23. The molecule has 0 atom stereocenters. The van der Waals surface area contributed by atoms with E-state index in [1.807, 2.05) is 6.07 Å². The molecule has 1 nitrogen and oxygen atoms in total. The van der Waals surface area contributed by atoms with E-state index < -0.39 is 0 Å². The second kappa shape index (κ2) is 4.75. The Morgan fingerprint density at radius 2 is 2.00 bits per heavy atom. The SMILES string of the molecule is CC1CCN(c2ccc(Cl)c(Br)c2)CC1. The van der Waals surface area contributed by atoms with E-state index >= 15 is 0 Å². The van der Waals surface area contributed by atoms with Crippen LogP contribution in [0.1, 0.15) is 19.8 Å². The number of hydrogen-bond acceptors (Lipinski definition) is 1. The van der Waals surface area contributed by atoms with Crippen molar-refractivity contribution in [3.63, 3.8) is 0 Å². The van der Waals surface area contributed by atoms with Gasteiger partial charge < -0.3 is 4.90 Å². The third-order valence-corrected chi connectivity index (χ3v) is 4.27. The Hall–Kier alpha value is -0.210. The van der Waals surface area contributed by atoms with Gasteiger partial charge >= 0.3 is 0 Å². The molecule has 1 aliphatic rings. The summed E-state index contributed by atoms with van der Waals surface area (Å²) >= 11 is 9.44. The first kappa shape index (κ1) is 11.3. The first-order valence-corrected chi connectivity index (χ1v) is 6.54. The molecular formula is C12H15BrClN. The number of benzene rings is 1. The highest BCUT2D eigenvalue weighted by atomic mass is 79.9. The van der Waals surface area contributed by atoms with Gasteiger partial charge in [-0.3, -0.25) is 0 Å². The quantitative estimate of drug-likeness (QED) is 0.743. The Labute approximate surface area is 105 Å². The zero-order valence-electron chi connectivity index (χ0n) is 8.84. The van der Waals surface area contributed by atoms with Gasteiger partial charge in [-0.1, -0.05) is 18.5 Å². The Morgan fingerprint density at radius 3 is 2.60 bits per heavy atom. The van der Waals surface area contributed by atoms with E-state index in [9.17, 15) is 0 Å². The molecule has 0 radical (unpaired) electrons. The van der Waals surface area contributed by atoms with Crippen LogP contribution in [-0.2, 0) is 0 Å². The molecule has 15 heavy (non-hydrogen) atoms. The lowest BCUT2D eigenvalue weighted by atomic mass is 9.99. The van der Waals surface area contributed by atoms with Crippen molar-refractivity contribution in [3.05, 3.63) is 27.7 Å². The molecule has 3 heteroatoms. The molecule has 1 heterocycles. The Kier molecular flexibility index (Phi) is 3.57. The van der Waals surface area contributed by atoms with E-state index in [4.69, 9.17) is 11.6 Å². The molecule has 2 rings (SSSR count). The van der Waals surface area contributed by atoms with Crippen molar-refractivity contribution in [1.82, 2.24) is 0 Å². The summed E-state index contributed by atoms with van der Waals surface area (Å²) in [6.45, 7) is 4.65. The lowest BCUT2D eigenvalue weighted by Crippen LogP contribution is -2.32. The van der Waals surface area contributed by atoms with Crippen molar-refractivity contribution in [1.29, 1.82) is 0 Å². The molecule has 0 spiro atoms. The van der Waals surface area contributed by atoms with Crippen LogP contribution in [0.5, 0.6) is 0 Å². The molecule has 0 bridgehead atoms. The van der Waals surface area contributed by atoms with Crippen molar-refractivity contribution in [2.45, 2.75) is 19.8 Å². The van der Waals surface area contributed by atoms with Crippen molar-refractivity contribution in [3.8, 4) is 0 Å². The van der Waals surface area contributed by atoms with E-state index in [2.05, 4.69) is 39.9 Å². The Balaban J connectivity index is 2.12. The zero-order valence-corrected chi connectivity index (χ0v) is 11.2. The smallest absolute Gasteiger partial charge is 0.0549 e. The number of nitrogens with zero attached hydrogens (tertiary/aromatic N) is 1. The predicted octanol–water partition coefficient (Wildman–Crippen LogP) is 4.34. The van der Waals surface area contributed by atoms with Gasteiger partial charge in [0.25, 0.3) is 0 Å². The summed E-state index contributed by atoms with van der Waals surface area (Å²) in [6, 6.07) is 6.17. The van der Waals surface area contributed by atoms with Crippen LogP contribution in [0.2, 0.25) is 5.02 Å². The lowest BCUT2D eigenvalue weighted by molar-refractivity contribution is 0.438. The molecule has 0 amide bonds. The van der Waals surface area contributed by atoms with Crippen LogP contribution in [0.3, 0.4) is 0 Å². The summed E-state index contributed by atoms with van der Waals surface area (Å²) in [7, 11) is 0. The molecule has 1 aliphatic heterocycles. The second-order valence-corrected chi connectivity index (χ2v) is 5.53. The monoisotopic (exact) mass is 287 g/mol. The number of halogens is 2. The van der Waals surface area contributed by atoms with Gasteiger partial charge in [-0.25, -0.2) is 0 Å². The van der Waals surface area contributed by atoms with E-state index in [-0.39, 0.29) is 0 Å². The van der Waals surface area contributed by atoms with E-state index in [1.165, 1.54) is 18.5 Å². The van der Waals surface area contributed by atoms with Gasteiger partial charge in [0, 0.05) is 23.2 Å². The molecule has 82 valence electrons. The molecule has 1 aromatic carbocycles. The summed E-state index contributed by atoms with van der Waals surface area (Å²) in [4.78, 5) is 2.43. The highest BCUT2D eigenvalue weighted by Crippen LogP contribution is 2.29. The Bertz CT molecular complexity index is 345. The average molecular weight is 289 g/mol. The van der Waals surface area contributed by atoms with Crippen LogP contribution in [0, 0.1) is 5.92 Å². The predicted molar refractivity (Wildman–Crippen MR) is 69.8 cm³/mol. The Morgan fingerprint density at radius 1 is 1.33 bits per heavy atom. The molecular weight excluding hydrogens is 273 g/mol. The van der Waals surface area contributed by atoms with Crippen LogP contribution in [0.4, 0.5) is 5.69 Å². The number of hydrogen-bond donors (Lipinski definition) is 0. The van der Waals surface area contributed by atoms with Crippen molar-refractivity contribution >= 4 is 33.2 Å². The molecule has 0 aromatic heterocycles. The van der Waals surface area contributed by atoms with Crippen LogP contribution in [0.15, 0.2) is 22.7 Å². The number of rotatable bonds is 1. The van der Waals surface area contributed by atoms with Gasteiger partial charge in [-0.15, -0.1) is 0 Å². The maximum Gasteiger partial charge on any atom is 0.0549 e. The minimum atomic E-state index is 0.782. The standard InChI is InChI=1S/C12H15BrClN/c1-9-4-6-15(7-5-9)10-2-3-12(14)11(13)8-10/h2-3,8-9H,4-7H2,1H3. The molecule has 1 aromatic rings. The molecule has 1 fully saturated rings. The van der Waals surface area contributed by atoms with Gasteiger partial charge in [-0.05, 0) is 52.9 Å². The van der Waals surface area contributed by atoms with Crippen molar-refractivity contribution in [2.24, 2.45) is 5.92 Å². The normalized spacial score (nSPS) is 18.2. The third kappa shape index (κ3) is 2.67. The largest absolute Gasteiger partial charge is 0.371 e. The minimum Gasteiger partial charge on any atom is -0.371 e. The number of anilines is 1. The molecule has 0 saturated carbocycles. The fourth-order valence-electron chi connectivity index (χ4n) is 1.95. The van der Waals surface area contributed by atoms with Crippen molar-refractivity contribution in [2.75, 3.05) is 18.0 Å². The van der Waals surface area contributed by atoms with Crippen LogP contribution in [-0.4, -0.2) is 13.1 Å². The fourth-order valence-corrected chi connectivity index (χ4v) is 2.43. The highest BCUT2D eigenvalue weighted by Gasteiger charge is 2.16. The molecule has 0 N–H and O–H groups in total. The van der Waals surface area contributed by atoms with Gasteiger partial charge in [0.05, 0.1) is 5.02 Å². The van der Waals surface area contributed by atoms with Gasteiger partial charge in [0.15, 0.2) is 0 Å². The summed E-state index contributed by atoms with van der Waals surface area (Å²) in [5.74, 6) is 0.872. The topological polar surface area (TPSA) is 3.24 Å². The fraction of sp³-hybridized carbons (Fsp3) is 0.500. The molecule has 0 unspecified atom stereocenters. The molecule has 1 saturated heterocycles.